The summed E-state index contributed by atoms with van der Waals surface area (Å²) in [6.07, 6.45) is 19.3. The zero-order chi connectivity index (χ0) is 21.9. The maximum absolute atomic E-state index is 6.35. The summed E-state index contributed by atoms with van der Waals surface area (Å²) >= 11 is 6.10. The van der Waals surface area contributed by atoms with Gasteiger partial charge in [-0.05, 0) is 36.7 Å². The topological polar surface area (TPSA) is 18.5 Å². The lowest BCUT2D eigenvalue weighted by molar-refractivity contribution is 0.230. The van der Waals surface area contributed by atoms with Crippen molar-refractivity contribution >= 4 is 20.2 Å². The van der Waals surface area contributed by atoms with Gasteiger partial charge < -0.3 is 8.85 Å². The van der Waals surface area contributed by atoms with Gasteiger partial charge in [0, 0.05) is 11.6 Å². The smallest absolute Gasteiger partial charge is 0.398 e. The Kier molecular flexibility index (Phi) is 16.6. The van der Waals surface area contributed by atoms with Gasteiger partial charge in [-0.25, -0.2) is 0 Å². The van der Waals surface area contributed by atoms with Gasteiger partial charge in [-0.1, -0.05) is 122 Å². The minimum atomic E-state index is -2.17. The minimum Gasteiger partial charge on any atom is -0.520 e. The highest BCUT2D eigenvalue weighted by atomic mass is 35.5. The van der Waals surface area contributed by atoms with Gasteiger partial charge in [-0.3, -0.25) is 0 Å². The molecule has 0 N–H and O–H groups in total. The summed E-state index contributed by atoms with van der Waals surface area (Å²) in [4.78, 5) is 0. The first-order valence-electron chi connectivity index (χ1n) is 12.7. The van der Waals surface area contributed by atoms with Crippen molar-refractivity contribution < 1.29 is 8.85 Å². The van der Waals surface area contributed by atoms with E-state index in [4.69, 9.17) is 20.5 Å². The van der Waals surface area contributed by atoms with Crippen LogP contribution in [0, 0.1) is 0 Å². The van der Waals surface area contributed by atoms with Crippen LogP contribution in [0.1, 0.15) is 111 Å². The lowest BCUT2D eigenvalue weighted by Gasteiger charge is -2.29. The summed E-state index contributed by atoms with van der Waals surface area (Å²) in [5, 5.41) is 0.717. The van der Waals surface area contributed by atoms with Crippen LogP contribution in [0.2, 0.25) is 17.1 Å². The number of unbranched alkanes of at least 4 members (excludes halogenated alkanes) is 13. The molecular weight excluding hydrogens is 408 g/mol. The average molecular weight is 455 g/mol. The van der Waals surface area contributed by atoms with Crippen LogP contribution >= 0.6 is 11.6 Å². The number of benzene rings is 1. The Morgan fingerprint density at radius 2 is 1.20 bits per heavy atom. The van der Waals surface area contributed by atoms with Crippen molar-refractivity contribution in [3.8, 4) is 5.75 Å². The Morgan fingerprint density at radius 1 is 0.700 bits per heavy atom. The molecule has 0 unspecified atom stereocenters. The van der Waals surface area contributed by atoms with E-state index >= 15 is 0 Å². The van der Waals surface area contributed by atoms with E-state index in [1.54, 1.807) is 0 Å². The third-order valence-electron chi connectivity index (χ3n) is 6.04. The molecule has 30 heavy (non-hydrogen) atoms. The molecule has 0 heterocycles. The molecule has 0 atom stereocenters. The van der Waals surface area contributed by atoms with Crippen molar-refractivity contribution in [2.24, 2.45) is 0 Å². The molecule has 0 aliphatic heterocycles. The molecule has 174 valence electrons. The Bertz CT molecular complexity index is 520. The fourth-order valence-electron chi connectivity index (χ4n) is 3.93. The fourth-order valence-corrected chi connectivity index (χ4v) is 6.44. The highest BCUT2D eigenvalue weighted by Gasteiger charge is 2.35. The molecule has 0 spiro atoms. The predicted octanol–water partition coefficient (Wildman–Crippen LogP) is 9.70. The molecule has 0 fully saturated rings. The monoisotopic (exact) mass is 454 g/mol. The second kappa shape index (κ2) is 18.1. The van der Waals surface area contributed by atoms with Gasteiger partial charge in [0.15, 0.2) is 0 Å². The van der Waals surface area contributed by atoms with Crippen molar-refractivity contribution in [2.45, 2.75) is 123 Å². The van der Waals surface area contributed by atoms with Crippen molar-refractivity contribution in [1.82, 2.24) is 0 Å². The van der Waals surface area contributed by atoms with E-state index in [0.717, 1.165) is 35.9 Å². The SMILES string of the molecule is CCCCCCCCCCCCCCCCO[Si](CC)(CC)Oc1cccc(Cl)c1. The molecule has 0 aromatic heterocycles. The highest BCUT2D eigenvalue weighted by Crippen LogP contribution is 2.26. The fraction of sp³-hybridized carbons (Fsp3) is 0.769. The van der Waals surface area contributed by atoms with E-state index in [-0.39, 0.29) is 0 Å². The summed E-state index contributed by atoms with van der Waals surface area (Å²) in [7, 11) is -2.17. The Morgan fingerprint density at radius 3 is 1.67 bits per heavy atom. The van der Waals surface area contributed by atoms with Gasteiger partial charge >= 0.3 is 8.56 Å². The van der Waals surface area contributed by atoms with Crippen LogP contribution in [0.15, 0.2) is 24.3 Å². The van der Waals surface area contributed by atoms with Gasteiger partial charge in [0.1, 0.15) is 5.75 Å². The van der Waals surface area contributed by atoms with E-state index in [2.05, 4.69) is 20.8 Å². The van der Waals surface area contributed by atoms with Crippen LogP contribution in [0.5, 0.6) is 5.75 Å². The number of hydrogen-bond donors (Lipinski definition) is 0. The predicted molar refractivity (Wildman–Crippen MR) is 135 cm³/mol. The molecule has 1 aromatic rings. The zero-order valence-electron chi connectivity index (χ0n) is 20.0. The summed E-state index contributed by atoms with van der Waals surface area (Å²) in [6, 6.07) is 9.63. The minimum absolute atomic E-state index is 0.717. The van der Waals surface area contributed by atoms with E-state index in [0.29, 0.717) is 0 Å². The third kappa shape index (κ3) is 13.0. The largest absolute Gasteiger partial charge is 0.520 e. The first-order valence-corrected chi connectivity index (χ1v) is 15.3. The summed E-state index contributed by atoms with van der Waals surface area (Å²) < 4.78 is 12.7. The van der Waals surface area contributed by atoms with Crippen LogP contribution in [0.4, 0.5) is 0 Å². The maximum atomic E-state index is 6.35. The van der Waals surface area contributed by atoms with Crippen LogP contribution in [-0.4, -0.2) is 15.2 Å². The molecule has 2 nitrogen and oxygen atoms in total. The number of hydrogen-bond acceptors (Lipinski definition) is 2. The molecule has 0 aliphatic rings. The molecule has 0 saturated carbocycles. The molecule has 0 aliphatic carbocycles. The van der Waals surface area contributed by atoms with Gasteiger partial charge in [0.25, 0.3) is 0 Å². The van der Waals surface area contributed by atoms with Gasteiger partial charge in [0.05, 0.1) is 0 Å². The van der Waals surface area contributed by atoms with E-state index < -0.39 is 8.56 Å². The molecule has 1 rings (SSSR count). The second-order valence-electron chi connectivity index (χ2n) is 8.62. The molecule has 0 saturated heterocycles. The normalized spacial score (nSPS) is 11.7. The molecule has 0 amide bonds. The van der Waals surface area contributed by atoms with Crippen LogP contribution in [0.25, 0.3) is 0 Å². The first kappa shape index (κ1) is 27.5. The summed E-state index contributed by atoms with van der Waals surface area (Å²) in [5.41, 5.74) is 0. The number of rotatable bonds is 20. The summed E-state index contributed by atoms with van der Waals surface area (Å²) in [5.74, 6) is 0.846. The van der Waals surface area contributed by atoms with E-state index in [9.17, 15) is 0 Å². The highest BCUT2D eigenvalue weighted by molar-refractivity contribution is 6.68. The Labute approximate surface area is 193 Å². The van der Waals surface area contributed by atoms with Crippen LogP contribution in [0.3, 0.4) is 0 Å². The van der Waals surface area contributed by atoms with Crippen molar-refractivity contribution in [2.75, 3.05) is 6.61 Å². The van der Waals surface area contributed by atoms with Crippen LogP contribution in [-0.2, 0) is 4.43 Å². The first-order chi connectivity index (χ1) is 14.7. The third-order valence-corrected chi connectivity index (χ3v) is 9.77. The van der Waals surface area contributed by atoms with E-state index in [1.807, 2.05) is 24.3 Å². The van der Waals surface area contributed by atoms with Gasteiger partial charge in [-0.2, -0.15) is 0 Å². The molecule has 4 heteroatoms. The zero-order valence-corrected chi connectivity index (χ0v) is 21.8. The Balaban J connectivity index is 2.03. The molecular formula is C26H47ClO2Si. The quantitative estimate of drug-likeness (QED) is 0.144. The molecule has 0 bridgehead atoms. The van der Waals surface area contributed by atoms with Crippen molar-refractivity contribution in [3.05, 3.63) is 29.3 Å². The van der Waals surface area contributed by atoms with E-state index in [1.165, 1.54) is 83.5 Å². The second-order valence-corrected chi connectivity index (χ2v) is 12.8. The standard InChI is InChI=1S/C26H47ClO2Si/c1-4-7-8-9-10-11-12-13-14-15-16-17-18-19-23-28-30(5-2,6-3)29-26-22-20-21-25(27)24-26/h20-22,24H,4-19,23H2,1-3H3. The Hall–Kier alpha value is -0.513. The van der Waals surface area contributed by atoms with Gasteiger partial charge in [-0.15, -0.1) is 0 Å². The lowest BCUT2D eigenvalue weighted by atomic mass is 10.0. The van der Waals surface area contributed by atoms with Gasteiger partial charge in [0.2, 0.25) is 0 Å². The number of halogens is 1. The van der Waals surface area contributed by atoms with Crippen molar-refractivity contribution in [1.29, 1.82) is 0 Å². The molecule has 1 aromatic carbocycles. The summed E-state index contributed by atoms with van der Waals surface area (Å²) in [6.45, 7) is 7.49. The molecule has 0 radical (unpaired) electrons. The maximum Gasteiger partial charge on any atom is 0.398 e. The van der Waals surface area contributed by atoms with Crippen LogP contribution < -0.4 is 4.43 Å². The average Bonchev–Trinajstić information content (AvgIpc) is 2.75. The van der Waals surface area contributed by atoms with Crippen molar-refractivity contribution in [3.63, 3.8) is 0 Å². The lowest BCUT2D eigenvalue weighted by Crippen LogP contribution is -2.44.